The van der Waals surface area contributed by atoms with E-state index in [1.165, 1.54) is 6.20 Å². The van der Waals surface area contributed by atoms with E-state index in [4.69, 9.17) is 0 Å². The lowest BCUT2D eigenvalue weighted by Gasteiger charge is -2.26. The first-order chi connectivity index (χ1) is 13.5. The second-order valence-electron chi connectivity index (χ2n) is 6.74. The Balaban J connectivity index is 1.75. The van der Waals surface area contributed by atoms with Gasteiger partial charge in [0, 0.05) is 18.9 Å². The van der Waals surface area contributed by atoms with E-state index >= 15 is 0 Å². The molecule has 1 unspecified atom stereocenters. The predicted molar refractivity (Wildman–Crippen MR) is 108 cm³/mol. The van der Waals surface area contributed by atoms with Gasteiger partial charge in [0.15, 0.2) is 5.82 Å². The van der Waals surface area contributed by atoms with Gasteiger partial charge in [0.2, 0.25) is 0 Å². The molecule has 0 aliphatic heterocycles. The normalized spacial score (nSPS) is 12.0. The molecule has 0 radical (unpaired) electrons. The minimum Gasteiger partial charge on any atom is -0.350 e. The quantitative estimate of drug-likeness (QED) is 0.687. The molecule has 28 heavy (non-hydrogen) atoms. The van der Waals surface area contributed by atoms with Crippen molar-refractivity contribution in [2.24, 2.45) is 0 Å². The van der Waals surface area contributed by atoms with Crippen molar-refractivity contribution >= 4 is 5.91 Å². The van der Waals surface area contributed by atoms with E-state index in [0.29, 0.717) is 18.1 Å². The van der Waals surface area contributed by atoms with Gasteiger partial charge in [0.25, 0.3) is 11.5 Å². The summed E-state index contributed by atoms with van der Waals surface area (Å²) in [4.78, 5) is 37.9. The molecule has 2 N–H and O–H groups in total. The number of benzene rings is 1. The van der Waals surface area contributed by atoms with Crippen LogP contribution in [0.4, 0.5) is 0 Å². The molecular weight excluding hydrogens is 354 g/mol. The summed E-state index contributed by atoms with van der Waals surface area (Å²) in [6, 6.07) is 13.4. The molecule has 1 amide bonds. The third kappa shape index (κ3) is 4.32. The highest BCUT2D eigenvalue weighted by atomic mass is 16.2. The summed E-state index contributed by atoms with van der Waals surface area (Å²) in [6.45, 7) is 2.41. The van der Waals surface area contributed by atoms with Crippen LogP contribution >= 0.6 is 0 Å². The lowest BCUT2D eigenvalue weighted by Crippen LogP contribution is -2.37. The first-order valence-corrected chi connectivity index (χ1v) is 8.98. The number of aryl methyl sites for hydroxylation is 1. The van der Waals surface area contributed by atoms with E-state index in [0.717, 1.165) is 11.1 Å². The highest BCUT2D eigenvalue weighted by Crippen LogP contribution is 2.21. The van der Waals surface area contributed by atoms with Gasteiger partial charge in [0.1, 0.15) is 11.3 Å². The molecule has 0 spiro atoms. The molecule has 1 aromatic carbocycles. The fraction of sp³-hybridized carbons (Fsp3) is 0.238. The Hall–Kier alpha value is -3.32. The van der Waals surface area contributed by atoms with Crippen LogP contribution in [0.2, 0.25) is 0 Å². The fourth-order valence-corrected chi connectivity index (χ4v) is 3.01. The van der Waals surface area contributed by atoms with E-state index in [9.17, 15) is 9.59 Å². The van der Waals surface area contributed by atoms with Gasteiger partial charge in [-0.3, -0.25) is 14.6 Å². The Bertz CT molecular complexity index is 1010. The van der Waals surface area contributed by atoms with Crippen molar-refractivity contribution in [3.05, 3.63) is 81.9 Å². The van der Waals surface area contributed by atoms with Gasteiger partial charge in [-0.25, -0.2) is 4.98 Å². The molecule has 7 heteroatoms. The number of H-pyrrole nitrogens is 1. The van der Waals surface area contributed by atoms with Gasteiger partial charge in [-0.15, -0.1) is 0 Å². The topological polar surface area (TPSA) is 91.0 Å². The van der Waals surface area contributed by atoms with Crippen molar-refractivity contribution in [2.45, 2.75) is 13.0 Å². The molecule has 144 valence electrons. The molecule has 1 atom stereocenters. The molecular formula is C21H23N5O2. The van der Waals surface area contributed by atoms with Crippen molar-refractivity contribution < 1.29 is 4.79 Å². The van der Waals surface area contributed by atoms with E-state index < -0.39 is 11.5 Å². The maximum atomic E-state index is 12.6. The number of aromatic amines is 1. The zero-order chi connectivity index (χ0) is 20.1. The standard InChI is InChI=1S/C21H23N5O2/c1-14-8-4-5-9-15(14)18(26(2)3)13-24-20(27)16-12-23-19(25-21(16)28)17-10-6-7-11-22-17/h4-12,18H,13H2,1-3H3,(H,24,27)(H,23,25,28). The summed E-state index contributed by atoms with van der Waals surface area (Å²) in [6.07, 6.45) is 2.90. The second kappa shape index (κ2) is 8.58. The Morgan fingerprint density at radius 2 is 1.89 bits per heavy atom. The van der Waals surface area contributed by atoms with Crippen LogP contribution in [0.15, 0.2) is 59.7 Å². The first kappa shape index (κ1) is 19.4. The zero-order valence-electron chi connectivity index (χ0n) is 16.1. The molecule has 0 bridgehead atoms. The van der Waals surface area contributed by atoms with Gasteiger partial charge in [-0.1, -0.05) is 30.3 Å². The van der Waals surface area contributed by atoms with Crippen LogP contribution in [0.1, 0.15) is 27.5 Å². The Morgan fingerprint density at radius 3 is 2.54 bits per heavy atom. The van der Waals surface area contributed by atoms with Gasteiger partial charge >= 0.3 is 0 Å². The zero-order valence-corrected chi connectivity index (χ0v) is 16.1. The Morgan fingerprint density at radius 1 is 1.14 bits per heavy atom. The van der Waals surface area contributed by atoms with Crippen LogP contribution in [-0.2, 0) is 0 Å². The molecule has 0 aliphatic rings. The lowest BCUT2D eigenvalue weighted by molar-refractivity contribution is 0.0940. The van der Waals surface area contributed by atoms with Gasteiger partial charge in [-0.2, -0.15) is 0 Å². The molecule has 0 saturated carbocycles. The van der Waals surface area contributed by atoms with Crippen LogP contribution in [0, 0.1) is 6.92 Å². The van der Waals surface area contributed by atoms with E-state index in [2.05, 4.69) is 20.3 Å². The summed E-state index contributed by atoms with van der Waals surface area (Å²) in [5.74, 6) is -0.130. The first-order valence-electron chi connectivity index (χ1n) is 8.98. The summed E-state index contributed by atoms with van der Waals surface area (Å²) in [7, 11) is 3.92. The smallest absolute Gasteiger partial charge is 0.264 e. The van der Waals surface area contributed by atoms with E-state index in [-0.39, 0.29) is 11.6 Å². The molecule has 0 saturated heterocycles. The van der Waals surface area contributed by atoms with Crippen LogP contribution in [-0.4, -0.2) is 46.4 Å². The van der Waals surface area contributed by atoms with Crippen molar-refractivity contribution in [1.29, 1.82) is 0 Å². The fourth-order valence-electron chi connectivity index (χ4n) is 3.01. The third-order valence-corrected chi connectivity index (χ3v) is 4.58. The van der Waals surface area contributed by atoms with Crippen molar-refractivity contribution in [2.75, 3.05) is 20.6 Å². The van der Waals surface area contributed by atoms with E-state index in [1.54, 1.807) is 24.4 Å². The maximum Gasteiger partial charge on any atom is 0.264 e. The largest absolute Gasteiger partial charge is 0.350 e. The average molecular weight is 377 g/mol. The lowest BCUT2D eigenvalue weighted by atomic mass is 10.0. The molecule has 0 aliphatic carbocycles. The number of carbonyl (C=O) groups excluding carboxylic acids is 1. The monoisotopic (exact) mass is 377 g/mol. The molecule has 7 nitrogen and oxygen atoms in total. The Labute approximate surface area is 163 Å². The molecule has 0 fully saturated rings. The number of pyridine rings is 1. The molecule has 3 rings (SSSR count). The highest BCUT2D eigenvalue weighted by molar-refractivity contribution is 5.93. The number of nitrogens with one attached hydrogen (secondary N) is 2. The van der Waals surface area contributed by atoms with Crippen molar-refractivity contribution in [1.82, 2.24) is 25.2 Å². The van der Waals surface area contributed by atoms with Gasteiger partial charge in [-0.05, 0) is 44.3 Å². The average Bonchev–Trinajstić information content (AvgIpc) is 2.69. The summed E-state index contributed by atoms with van der Waals surface area (Å²) < 4.78 is 0. The number of carbonyl (C=O) groups is 1. The summed E-state index contributed by atoms with van der Waals surface area (Å²) >= 11 is 0. The van der Waals surface area contributed by atoms with Gasteiger partial charge in [0.05, 0.1) is 6.04 Å². The minimum absolute atomic E-state index is 0.00928. The van der Waals surface area contributed by atoms with Crippen LogP contribution in [0.3, 0.4) is 0 Å². The summed E-state index contributed by atoms with van der Waals surface area (Å²) in [5.41, 5.74) is 2.30. The number of likely N-dealkylation sites (N-methyl/N-ethyl adjacent to an activating group) is 1. The maximum absolute atomic E-state index is 12.6. The number of amides is 1. The number of rotatable bonds is 6. The molecule has 2 heterocycles. The third-order valence-electron chi connectivity index (χ3n) is 4.58. The number of hydrogen-bond acceptors (Lipinski definition) is 5. The Kier molecular flexibility index (Phi) is 5.96. The highest BCUT2D eigenvalue weighted by Gasteiger charge is 2.19. The summed E-state index contributed by atoms with van der Waals surface area (Å²) in [5, 5.41) is 2.85. The minimum atomic E-state index is -0.495. The van der Waals surface area contributed by atoms with Crippen LogP contribution < -0.4 is 10.9 Å². The molecule has 3 aromatic rings. The molecule has 2 aromatic heterocycles. The van der Waals surface area contributed by atoms with Gasteiger partial charge < -0.3 is 15.2 Å². The number of hydrogen-bond donors (Lipinski definition) is 2. The number of aromatic nitrogens is 3. The van der Waals surface area contributed by atoms with E-state index in [1.807, 2.05) is 50.2 Å². The van der Waals surface area contributed by atoms with Crippen molar-refractivity contribution in [3.63, 3.8) is 0 Å². The SMILES string of the molecule is Cc1ccccc1C(CNC(=O)c1cnc(-c2ccccn2)[nH]c1=O)N(C)C. The van der Waals surface area contributed by atoms with Crippen molar-refractivity contribution in [3.8, 4) is 11.5 Å². The number of nitrogens with zero attached hydrogens (tertiary/aromatic N) is 3. The van der Waals surface area contributed by atoms with Crippen LogP contribution in [0.25, 0.3) is 11.5 Å². The van der Waals surface area contributed by atoms with Crippen LogP contribution in [0.5, 0.6) is 0 Å². The second-order valence-corrected chi connectivity index (χ2v) is 6.74. The predicted octanol–water partition coefficient (Wildman–Crippen LogP) is 2.17.